The minimum atomic E-state index is -0.0712. The molecule has 0 aromatic heterocycles. The first-order valence-electron chi connectivity index (χ1n) is 5.51. The van der Waals surface area contributed by atoms with E-state index >= 15 is 0 Å². The third-order valence-corrected chi connectivity index (χ3v) is 3.46. The second kappa shape index (κ2) is 7.74. The van der Waals surface area contributed by atoms with E-state index in [9.17, 15) is 0 Å². The Morgan fingerprint density at radius 2 is 2.12 bits per heavy atom. The number of aliphatic imine (C=N–C) groups is 1. The van der Waals surface area contributed by atoms with Crippen LogP contribution in [0.2, 0.25) is 0 Å². The van der Waals surface area contributed by atoms with Crippen molar-refractivity contribution >= 4 is 17.7 Å². The lowest BCUT2D eigenvalue weighted by atomic mass is 9.94. The number of nitrogens with zero attached hydrogens (tertiary/aromatic N) is 1. The van der Waals surface area contributed by atoms with Crippen molar-refractivity contribution in [2.75, 3.05) is 25.5 Å². The van der Waals surface area contributed by atoms with Crippen molar-refractivity contribution in [3.63, 3.8) is 0 Å². The molecule has 0 bridgehead atoms. The van der Waals surface area contributed by atoms with E-state index in [0.717, 1.165) is 10.8 Å². The third kappa shape index (κ3) is 6.18. The quantitative estimate of drug-likeness (QED) is 0.554. The van der Waals surface area contributed by atoms with Gasteiger partial charge in [-0.05, 0) is 11.8 Å². The van der Waals surface area contributed by atoms with Crippen molar-refractivity contribution in [2.24, 2.45) is 10.4 Å². The Labute approximate surface area is 103 Å². The number of aliphatic hydroxyl groups excluding tert-OH is 1. The van der Waals surface area contributed by atoms with Crippen LogP contribution in [0.25, 0.3) is 0 Å². The lowest BCUT2D eigenvalue weighted by molar-refractivity contribution is 0.319. The monoisotopic (exact) mass is 245 g/mol. The van der Waals surface area contributed by atoms with Gasteiger partial charge in [0.05, 0.1) is 19.8 Å². The zero-order valence-corrected chi connectivity index (χ0v) is 11.6. The highest BCUT2D eigenvalue weighted by Gasteiger charge is 2.21. The molecule has 0 saturated carbocycles. The van der Waals surface area contributed by atoms with E-state index in [0.29, 0.717) is 18.9 Å². The van der Waals surface area contributed by atoms with Crippen molar-refractivity contribution in [1.82, 2.24) is 0 Å². The van der Waals surface area contributed by atoms with Crippen molar-refractivity contribution in [1.29, 1.82) is 0 Å². The molecule has 94 valence electrons. The third-order valence-electron chi connectivity index (χ3n) is 2.17. The van der Waals surface area contributed by atoms with Gasteiger partial charge in [-0.3, -0.25) is 4.99 Å². The number of aliphatic hydroxyl groups is 1. The molecular formula is C12H23NO2S. The molecule has 0 saturated heterocycles. The first-order valence-corrected chi connectivity index (χ1v) is 6.49. The Bertz CT molecular complexity index is 249. The van der Waals surface area contributed by atoms with E-state index in [-0.39, 0.29) is 12.0 Å². The number of thioether (sulfide) groups is 1. The summed E-state index contributed by atoms with van der Waals surface area (Å²) < 4.78 is 5.27. The van der Waals surface area contributed by atoms with Crippen LogP contribution in [0.3, 0.4) is 0 Å². The molecule has 0 rings (SSSR count). The lowest BCUT2D eigenvalue weighted by Crippen LogP contribution is -2.18. The summed E-state index contributed by atoms with van der Waals surface area (Å²) in [4.78, 5) is 5.42. The van der Waals surface area contributed by atoms with Gasteiger partial charge >= 0.3 is 0 Å². The van der Waals surface area contributed by atoms with Gasteiger partial charge in [0.2, 0.25) is 0 Å². The van der Waals surface area contributed by atoms with Gasteiger partial charge in [-0.2, -0.15) is 0 Å². The average molecular weight is 245 g/mol. The molecule has 0 atom stereocenters. The van der Waals surface area contributed by atoms with Crippen LogP contribution < -0.4 is 0 Å². The zero-order chi connectivity index (χ0) is 12.6. The number of hydrogen-bond donors (Lipinski definition) is 1. The molecule has 0 aliphatic carbocycles. The van der Waals surface area contributed by atoms with Crippen molar-refractivity contribution in [3.05, 3.63) is 11.5 Å². The average Bonchev–Trinajstić information content (AvgIpc) is 2.23. The van der Waals surface area contributed by atoms with Crippen LogP contribution in [0.4, 0.5) is 0 Å². The molecule has 0 heterocycles. The molecule has 0 amide bonds. The molecule has 0 fully saturated rings. The van der Waals surface area contributed by atoms with Gasteiger partial charge in [0.1, 0.15) is 0 Å². The molecule has 16 heavy (non-hydrogen) atoms. The van der Waals surface area contributed by atoms with Crippen LogP contribution in [-0.4, -0.2) is 36.5 Å². The fourth-order valence-corrected chi connectivity index (χ4v) is 1.81. The Kier molecular flexibility index (Phi) is 7.51. The molecule has 0 unspecified atom stereocenters. The van der Waals surface area contributed by atoms with Gasteiger partial charge in [-0.25, -0.2) is 0 Å². The maximum atomic E-state index is 8.76. The summed E-state index contributed by atoms with van der Waals surface area (Å²) in [6.45, 7) is 13.5. The van der Waals surface area contributed by atoms with Gasteiger partial charge in [-0.15, -0.1) is 11.8 Å². The fraction of sp³-hybridized carbons (Fsp3) is 0.750. The summed E-state index contributed by atoms with van der Waals surface area (Å²) in [5.74, 6) is 1.41. The summed E-state index contributed by atoms with van der Waals surface area (Å²) in [5, 5.41) is 8.76. The molecule has 1 N–H and O–H groups in total. The Balaban J connectivity index is 4.22. The van der Waals surface area contributed by atoms with Crippen molar-refractivity contribution in [2.45, 2.75) is 27.7 Å². The number of rotatable bonds is 7. The molecular weight excluding hydrogens is 222 g/mol. The zero-order valence-electron chi connectivity index (χ0n) is 10.7. The Morgan fingerprint density at radius 3 is 2.62 bits per heavy atom. The first kappa shape index (κ1) is 15.5. The second-order valence-corrected chi connectivity index (χ2v) is 5.34. The molecule has 0 aliphatic heterocycles. The van der Waals surface area contributed by atoms with Crippen LogP contribution in [0.5, 0.6) is 0 Å². The van der Waals surface area contributed by atoms with Crippen LogP contribution in [0, 0.1) is 5.41 Å². The predicted molar refractivity (Wildman–Crippen MR) is 72.1 cm³/mol. The summed E-state index contributed by atoms with van der Waals surface area (Å²) >= 11 is 1.59. The summed E-state index contributed by atoms with van der Waals surface area (Å²) in [7, 11) is 0. The fourth-order valence-electron chi connectivity index (χ4n) is 1.02. The first-order chi connectivity index (χ1) is 7.44. The van der Waals surface area contributed by atoms with Crippen molar-refractivity contribution in [3.8, 4) is 0 Å². The standard InChI is InChI=1S/C12H23NO2S/c1-6-15-11(3)13-9-12(4,5)10(2)16-8-7-14/h14H,2,6-9H2,1,3-5H3. The molecule has 0 radical (unpaired) electrons. The molecule has 0 aliphatic rings. The smallest absolute Gasteiger partial charge is 0.179 e. The minimum Gasteiger partial charge on any atom is -0.481 e. The van der Waals surface area contributed by atoms with Gasteiger partial charge in [0.15, 0.2) is 5.90 Å². The van der Waals surface area contributed by atoms with Gasteiger partial charge in [0.25, 0.3) is 0 Å². The summed E-state index contributed by atoms with van der Waals surface area (Å²) in [6.07, 6.45) is 0. The van der Waals surface area contributed by atoms with Crippen LogP contribution in [0.1, 0.15) is 27.7 Å². The lowest BCUT2D eigenvalue weighted by Gasteiger charge is -2.24. The highest BCUT2D eigenvalue weighted by molar-refractivity contribution is 8.03. The van der Waals surface area contributed by atoms with E-state index in [1.54, 1.807) is 11.8 Å². The van der Waals surface area contributed by atoms with Gasteiger partial charge in [-0.1, -0.05) is 20.4 Å². The summed E-state index contributed by atoms with van der Waals surface area (Å²) in [5.41, 5.74) is -0.0712. The maximum absolute atomic E-state index is 8.76. The molecule has 4 heteroatoms. The van der Waals surface area contributed by atoms with Crippen LogP contribution in [0.15, 0.2) is 16.5 Å². The van der Waals surface area contributed by atoms with Crippen LogP contribution in [-0.2, 0) is 4.74 Å². The number of hydrogen-bond acceptors (Lipinski definition) is 4. The molecule has 3 nitrogen and oxygen atoms in total. The van der Waals surface area contributed by atoms with Crippen molar-refractivity contribution < 1.29 is 9.84 Å². The topological polar surface area (TPSA) is 41.8 Å². The Hall–Kier alpha value is -0.480. The van der Waals surface area contributed by atoms with Crippen LogP contribution >= 0.6 is 11.8 Å². The minimum absolute atomic E-state index is 0.0712. The van der Waals surface area contributed by atoms with E-state index in [4.69, 9.17) is 9.84 Å². The maximum Gasteiger partial charge on any atom is 0.179 e. The van der Waals surface area contributed by atoms with E-state index in [1.165, 1.54) is 0 Å². The van der Waals surface area contributed by atoms with E-state index < -0.39 is 0 Å². The normalized spacial score (nSPS) is 12.7. The largest absolute Gasteiger partial charge is 0.481 e. The molecule has 0 spiro atoms. The van der Waals surface area contributed by atoms with Gasteiger partial charge < -0.3 is 9.84 Å². The molecule has 0 aromatic rings. The Morgan fingerprint density at radius 1 is 1.50 bits per heavy atom. The SMILES string of the molecule is C=C(SCCO)C(C)(C)CN=C(C)OCC. The van der Waals surface area contributed by atoms with E-state index in [1.807, 2.05) is 13.8 Å². The van der Waals surface area contributed by atoms with E-state index in [2.05, 4.69) is 25.4 Å². The predicted octanol–water partition coefficient (Wildman–Crippen LogP) is 2.71. The second-order valence-electron chi connectivity index (χ2n) is 4.15. The van der Waals surface area contributed by atoms with Gasteiger partial charge in [0, 0.05) is 18.1 Å². The number of ether oxygens (including phenoxy) is 1. The highest BCUT2D eigenvalue weighted by atomic mass is 32.2. The summed E-state index contributed by atoms with van der Waals surface area (Å²) in [6, 6.07) is 0. The highest BCUT2D eigenvalue weighted by Crippen LogP contribution is 2.33. The molecule has 0 aromatic carbocycles.